The Morgan fingerprint density at radius 3 is 2.50 bits per heavy atom. The van der Waals surface area contributed by atoms with E-state index in [1.165, 1.54) is 5.56 Å². The predicted octanol–water partition coefficient (Wildman–Crippen LogP) is 4.08. The summed E-state index contributed by atoms with van der Waals surface area (Å²) in [6.07, 6.45) is 0. The summed E-state index contributed by atoms with van der Waals surface area (Å²) >= 11 is 7.03. The first-order valence-corrected chi connectivity index (χ1v) is 7.13. The second-order valence-corrected chi connectivity index (χ2v) is 5.76. The first-order valence-electron chi connectivity index (χ1n) is 5.55. The van der Waals surface area contributed by atoms with Crippen molar-refractivity contribution in [3.63, 3.8) is 0 Å². The van der Waals surface area contributed by atoms with E-state index in [9.17, 15) is 0 Å². The lowest BCUT2D eigenvalue weighted by molar-refractivity contribution is 0.412. The topological polar surface area (TPSA) is 27.1 Å². The van der Waals surface area contributed by atoms with Gasteiger partial charge in [0.05, 0.1) is 34.0 Å². The number of hydrogen-bond donors (Lipinski definition) is 0. The van der Waals surface area contributed by atoms with Crippen LogP contribution >= 0.6 is 31.9 Å². The molecular weight excluding hydrogens is 360 g/mol. The van der Waals surface area contributed by atoms with Gasteiger partial charge >= 0.3 is 0 Å². The van der Waals surface area contributed by atoms with Gasteiger partial charge in [0.25, 0.3) is 0 Å². The number of benzene rings is 1. The Kier molecular flexibility index (Phi) is 4.12. The van der Waals surface area contributed by atoms with E-state index in [4.69, 9.17) is 4.74 Å². The molecule has 3 nitrogen and oxygen atoms in total. The normalized spacial score (nSPS) is 10.7. The van der Waals surface area contributed by atoms with Gasteiger partial charge < -0.3 is 4.74 Å². The number of nitrogens with zero attached hydrogens (tertiary/aromatic N) is 2. The summed E-state index contributed by atoms with van der Waals surface area (Å²) in [6.45, 7) is 4.81. The van der Waals surface area contributed by atoms with Crippen LogP contribution in [0.4, 0.5) is 0 Å². The Morgan fingerprint density at radius 2 is 2.00 bits per heavy atom. The third-order valence-corrected chi connectivity index (χ3v) is 4.61. The lowest BCUT2D eigenvalue weighted by atomic mass is 10.2. The van der Waals surface area contributed by atoms with Gasteiger partial charge in [0.1, 0.15) is 5.75 Å². The predicted molar refractivity (Wildman–Crippen MR) is 79.2 cm³/mol. The minimum absolute atomic E-state index is 0.751. The van der Waals surface area contributed by atoms with Gasteiger partial charge in [0.15, 0.2) is 0 Å². The molecule has 0 aliphatic carbocycles. The van der Waals surface area contributed by atoms with Gasteiger partial charge in [-0.3, -0.25) is 4.68 Å². The molecule has 0 amide bonds. The van der Waals surface area contributed by atoms with Gasteiger partial charge in [-0.2, -0.15) is 5.10 Å². The van der Waals surface area contributed by atoms with Gasteiger partial charge in [0, 0.05) is 0 Å². The average molecular weight is 374 g/mol. The molecule has 0 aliphatic heterocycles. The molecule has 96 valence electrons. The fraction of sp³-hybridized carbons (Fsp3) is 0.308. The highest BCUT2D eigenvalue weighted by Gasteiger charge is 2.09. The number of ether oxygens (including phenoxy) is 1. The standard InChI is InChI=1S/C13H14Br2N2O/c1-8-13(15)9(2)17(16-8)7-10-4-5-12(18-3)11(14)6-10/h4-6H,7H2,1-3H3. The molecular formula is C13H14Br2N2O. The summed E-state index contributed by atoms with van der Waals surface area (Å²) in [5.41, 5.74) is 3.33. The van der Waals surface area contributed by atoms with Crippen molar-refractivity contribution < 1.29 is 4.74 Å². The van der Waals surface area contributed by atoms with Crippen LogP contribution < -0.4 is 4.74 Å². The van der Waals surface area contributed by atoms with Crippen LogP contribution in [-0.4, -0.2) is 16.9 Å². The van der Waals surface area contributed by atoms with Gasteiger partial charge in [-0.25, -0.2) is 0 Å². The lowest BCUT2D eigenvalue weighted by Gasteiger charge is -2.08. The number of halogens is 2. The van der Waals surface area contributed by atoms with Crippen LogP contribution in [-0.2, 0) is 6.54 Å². The SMILES string of the molecule is COc1ccc(Cn2nc(C)c(Br)c2C)cc1Br. The van der Waals surface area contributed by atoms with Crippen LogP contribution in [0.2, 0.25) is 0 Å². The molecule has 0 aliphatic rings. The molecule has 1 heterocycles. The Balaban J connectivity index is 2.28. The zero-order chi connectivity index (χ0) is 13.3. The molecule has 0 unspecified atom stereocenters. The Morgan fingerprint density at radius 1 is 1.28 bits per heavy atom. The molecule has 2 rings (SSSR count). The fourth-order valence-electron chi connectivity index (χ4n) is 1.81. The lowest BCUT2D eigenvalue weighted by Crippen LogP contribution is -2.04. The van der Waals surface area contributed by atoms with Crippen molar-refractivity contribution >= 4 is 31.9 Å². The van der Waals surface area contributed by atoms with Crippen molar-refractivity contribution in [1.29, 1.82) is 0 Å². The summed E-state index contributed by atoms with van der Waals surface area (Å²) in [4.78, 5) is 0. The third kappa shape index (κ3) is 2.62. The van der Waals surface area contributed by atoms with E-state index in [2.05, 4.69) is 49.9 Å². The third-order valence-electron chi connectivity index (χ3n) is 2.84. The molecule has 0 atom stereocenters. The largest absolute Gasteiger partial charge is 0.496 e. The number of aryl methyl sites for hydroxylation is 1. The minimum atomic E-state index is 0.751. The minimum Gasteiger partial charge on any atom is -0.496 e. The Labute approximate surface area is 123 Å². The highest BCUT2D eigenvalue weighted by Crippen LogP contribution is 2.26. The summed E-state index contributed by atoms with van der Waals surface area (Å²) < 4.78 is 9.25. The van der Waals surface area contributed by atoms with Gasteiger partial charge in [-0.15, -0.1) is 0 Å². The number of methoxy groups -OCH3 is 1. The highest BCUT2D eigenvalue weighted by atomic mass is 79.9. The van der Waals surface area contributed by atoms with E-state index in [1.807, 2.05) is 23.7 Å². The average Bonchev–Trinajstić information content (AvgIpc) is 2.57. The van der Waals surface area contributed by atoms with E-state index in [1.54, 1.807) is 7.11 Å². The van der Waals surface area contributed by atoms with E-state index in [0.29, 0.717) is 0 Å². The van der Waals surface area contributed by atoms with Crippen molar-refractivity contribution in [3.8, 4) is 5.75 Å². The van der Waals surface area contributed by atoms with Gasteiger partial charge in [0.2, 0.25) is 0 Å². The van der Waals surface area contributed by atoms with Crippen molar-refractivity contribution in [2.24, 2.45) is 0 Å². The first kappa shape index (κ1) is 13.6. The molecule has 1 aromatic heterocycles. The summed E-state index contributed by atoms with van der Waals surface area (Å²) in [7, 11) is 1.66. The van der Waals surface area contributed by atoms with E-state index in [-0.39, 0.29) is 0 Å². The van der Waals surface area contributed by atoms with Crippen LogP contribution in [0.1, 0.15) is 17.0 Å². The summed E-state index contributed by atoms with van der Waals surface area (Å²) in [5.74, 6) is 0.841. The molecule has 0 fully saturated rings. The first-order chi connectivity index (χ1) is 8.52. The molecule has 0 radical (unpaired) electrons. The van der Waals surface area contributed by atoms with Crippen LogP contribution in [0.3, 0.4) is 0 Å². The second kappa shape index (κ2) is 5.45. The monoisotopic (exact) mass is 372 g/mol. The Hall–Kier alpha value is -0.810. The zero-order valence-corrected chi connectivity index (χ0v) is 13.7. The number of rotatable bonds is 3. The van der Waals surface area contributed by atoms with Crippen molar-refractivity contribution in [2.45, 2.75) is 20.4 Å². The molecule has 0 N–H and O–H groups in total. The summed E-state index contributed by atoms with van der Waals surface area (Å²) in [5, 5.41) is 4.50. The van der Waals surface area contributed by atoms with Crippen LogP contribution in [0.25, 0.3) is 0 Å². The van der Waals surface area contributed by atoms with Crippen LogP contribution in [0, 0.1) is 13.8 Å². The molecule has 0 bridgehead atoms. The maximum absolute atomic E-state index is 5.22. The smallest absolute Gasteiger partial charge is 0.133 e. The van der Waals surface area contributed by atoms with Crippen LogP contribution in [0.5, 0.6) is 5.75 Å². The van der Waals surface area contributed by atoms with E-state index >= 15 is 0 Å². The van der Waals surface area contributed by atoms with Crippen molar-refractivity contribution in [3.05, 3.63) is 44.1 Å². The zero-order valence-electron chi connectivity index (χ0n) is 10.5. The molecule has 1 aromatic carbocycles. The molecule has 2 aromatic rings. The number of hydrogen-bond acceptors (Lipinski definition) is 2. The van der Waals surface area contributed by atoms with Crippen molar-refractivity contribution in [2.75, 3.05) is 7.11 Å². The van der Waals surface area contributed by atoms with Crippen LogP contribution in [0.15, 0.2) is 27.1 Å². The van der Waals surface area contributed by atoms with Gasteiger partial charge in [-0.05, 0) is 63.4 Å². The molecule has 0 saturated heterocycles. The molecule has 18 heavy (non-hydrogen) atoms. The quantitative estimate of drug-likeness (QED) is 0.810. The molecule has 5 heteroatoms. The maximum Gasteiger partial charge on any atom is 0.133 e. The van der Waals surface area contributed by atoms with E-state index in [0.717, 1.165) is 32.6 Å². The maximum atomic E-state index is 5.22. The van der Waals surface area contributed by atoms with E-state index < -0.39 is 0 Å². The fourth-order valence-corrected chi connectivity index (χ4v) is 2.68. The molecule has 0 spiro atoms. The second-order valence-electron chi connectivity index (χ2n) is 4.11. The Bertz CT molecular complexity index is 579. The summed E-state index contributed by atoms with van der Waals surface area (Å²) in [6, 6.07) is 6.07. The highest BCUT2D eigenvalue weighted by molar-refractivity contribution is 9.10. The molecule has 0 saturated carbocycles. The number of aromatic nitrogens is 2. The van der Waals surface area contributed by atoms with Gasteiger partial charge in [-0.1, -0.05) is 6.07 Å². The van der Waals surface area contributed by atoms with Crippen molar-refractivity contribution in [1.82, 2.24) is 9.78 Å².